The topological polar surface area (TPSA) is 15.3 Å². The van der Waals surface area contributed by atoms with E-state index in [1.165, 1.54) is 58.0 Å². The van der Waals surface area contributed by atoms with Crippen molar-refractivity contribution in [2.75, 3.05) is 33.2 Å². The summed E-state index contributed by atoms with van der Waals surface area (Å²) in [6.45, 7) is 9.34. The summed E-state index contributed by atoms with van der Waals surface area (Å²) < 4.78 is 0. The molecule has 0 heterocycles. The van der Waals surface area contributed by atoms with Crippen LogP contribution in [0.4, 0.5) is 0 Å². The Labute approximate surface area is 115 Å². The average Bonchev–Trinajstić information content (AvgIpc) is 2.28. The maximum Gasteiger partial charge on any atom is 0.0104 e. The molecule has 2 nitrogen and oxygen atoms in total. The van der Waals surface area contributed by atoms with Crippen LogP contribution in [0.5, 0.6) is 0 Å². The van der Waals surface area contributed by atoms with E-state index in [2.05, 4.69) is 31.1 Å². The van der Waals surface area contributed by atoms with Crippen LogP contribution in [-0.4, -0.2) is 38.1 Å². The lowest BCUT2D eigenvalue weighted by atomic mass is 9.91. The Hall–Kier alpha value is -0.0800. The fraction of sp³-hybridized carbons (Fsp3) is 1.00. The second-order valence-electron chi connectivity index (χ2n) is 6.57. The summed E-state index contributed by atoms with van der Waals surface area (Å²) in [5.41, 5.74) is 0. The first-order chi connectivity index (χ1) is 8.68. The Bertz CT molecular complexity index is 184. The van der Waals surface area contributed by atoms with E-state index in [1.54, 1.807) is 0 Å². The van der Waals surface area contributed by atoms with E-state index in [0.717, 1.165) is 24.9 Å². The zero-order valence-electron chi connectivity index (χ0n) is 12.9. The van der Waals surface area contributed by atoms with Crippen molar-refractivity contribution in [3.8, 4) is 0 Å². The van der Waals surface area contributed by atoms with E-state index in [1.807, 2.05) is 0 Å². The number of nitrogens with zero attached hydrogens (tertiary/aromatic N) is 1. The number of rotatable bonds is 7. The Kier molecular flexibility index (Phi) is 8.70. The first kappa shape index (κ1) is 16.0. The molecule has 1 saturated carbocycles. The van der Waals surface area contributed by atoms with Crippen LogP contribution in [0.3, 0.4) is 0 Å². The largest absolute Gasteiger partial charge is 0.315 e. The molecular weight excluding hydrogens is 220 g/mol. The second kappa shape index (κ2) is 9.80. The summed E-state index contributed by atoms with van der Waals surface area (Å²) in [5, 5.41) is 3.53. The van der Waals surface area contributed by atoms with Gasteiger partial charge in [0.25, 0.3) is 0 Å². The predicted octanol–water partition coefficient (Wildman–Crippen LogP) is 3.52. The Morgan fingerprint density at radius 2 is 1.67 bits per heavy atom. The van der Waals surface area contributed by atoms with E-state index in [0.29, 0.717) is 0 Å². The van der Waals surface area contributed by atoms with Crippen LogP contribution in [0, 0.1) is 11.8 Å². The van der Waals surface area contributed by atoms with Crippen molar-refractivity contribution in [2.24, 2.45) is 11.8 Å². The van der Waals surface area contributed by atoms with Gasteiger partial charge in [-0.2, -0.15) is 0 Å². The molecule has 0 spiro atoms. The number of hydrogen-bond acceptors (Lipinski definition) is 2. The van der Waals surface area contributed by atoms with Gasteiger partial charge in [0.1, 0.15) is 0 Å². The molecular formula is C16H34N2. The molecule has 0 radical (unpaired) electrons. The third-order valence-corrected chi connectivity index (χ3v) is 4.02. The maximum atomic E-state index is 3.53. The summed E-state index contributed by atoms with van der Waals surface area (Å²) in [6.07, 6.45) is 10.3. The SMILES string of the molecule is CC(C)CNCCN(C)CC1CCCCCCC1. The van der Waals surface area contributed by atoms with Gasteiger partial charge in [0.05, 0.1) is 0 Å². The molecule has 0 atom stereocenters. The molecule has 2 heteroatoms. The van der Waals surface area contributed by atoms with Gasteiger partial charge in [0.15, 0.2) is 0 Å². The van der Waals surface area contributed by atoms with Gasteiger partial charge in [-0.25, -0.2) is 0 Å². The van der Waals surface area contributed by atoms with E-state index < -0.39 is 0 Å². The fourth-order valence-electron chi connectivity index (χ4n) is 2.92. The molecule has 0 aliphatic heterocycles. The third kappa shape index (κ3) is 8.10. The highest BCUT2D eigenvalue weighted by molar-refractivity contribution is 4.68. The van der Waals surface area contributed by atoms with Gasteiger partial charge in [-0.1, -0.05) is 46.0 Å². The smallest absolute Gasteiger partial charge is 0.0104 e. The minimum absolute atomic E-state index is 0.765. The number of nitrogens with one attached hydrogen (secondary N) is 1. The Morgan fingerprint density at radius 1 is 1.06 bits per heavy atom. The minimum atomic E-state index is 0.765. The van der Waals surface area contributed by atoms with Crippen LogP contribution in [0.2, 0.25) is 0 Å². The van der Waals surface area contributed by atoms with Crippen molar-refractivity contribution in [1.29, 1.82) is 0 Å². The molecule has 0 amide bonds. The van der Waals surface area contributed by atoms with Crippen molar-refractivity contribution < 1.29 is 0 Å². The second-order valence-corrected chi connectivity index (χ2v) is 6.57. The molecule has 108 valence electrons. The first-order valence-corrected chi connectivity index (χ1v) is 8.07. The molecule has 0 saturated heterocycles. The van der Waals surface area contributed by atoms with Crippen molar-refractivity contribution in [3.63, 3.8) is 0 Å². The van der Waals surface area contributed by atoms with Crippen LogP contribution in [0.25, 0.3) is 0 Å². The van der Waals surface area contributed by atoms with Crippen LogP contribution in [-0.2, 0) is 0 Å². The number of likely N-dealkylation sites (N-methyl/N-ethyl adjacent to an activating group) is 1. The lowest BCUT2D eigenvalue weighted by Crippen LogP contribution is -2.34. The van der Waals surface area contributed by atoms with Crippen LogP contribution in [0.15, 0.2) is 0 Å². The summed E-state index contributed by atoms with van der Waals surface area (Å²) in [4.78, 5) is 2.53. The molecule has 18 heavy (non-hydrogen) atoms. The molecule has 0 aromatic heterocycles. The highest BCUT2D eigenvalue weighted by atomic mass is 15.1. The van der Waals surface area contributed by atoms with Crippen molar-refractivity contribution in [2.45, 2.75) is 58.8 Å². The maximum absolute atomic E-state index is 3.53. The number of hydrogen-bond donors (Lipinski definition) is 1. The normalized spacial score (nSPS) is 19.2. The highest BCUT2D eigenvalue weighted by Crippen LogP contribution is 2.22. The fourth-order valence-corrected chi connectivity index (χ4v) is 2.92. The highest BCUT2D eigenvalue weighted by Gasteiger charge is 2.13. The average molecular weight is 254 g/mol. The van der Waals surface area contributed by atoms with Gasteiger partial charge in [0.2, 0.25) is 0 Å². The van der Waals surface area contributed by atoms with E-state index >= 15 is 0 Å². The van der Waals surface area contributed by atoms with Crippen molar-refractivity contribution in [1.82, 2.24) is 10.2 Å². The standard InChI is InChI=1S/C16H34N2/c1-15(2)13-17-11-12-18(3)14-16-9-7-5-4-6-8-10-16/h15-17H,4-14H2,1-3H3. The minimum Gasteiger partial charge on any atom is -0.315 e. The Balaban J connectivity index is 2.07. The zero-order chi connectivity index (χ0) is 13.2. The Morgan fingerprint density at radius 3 is 2.28 bits per heavy atom. The molecule has 0 aromatic rings. The van der Waals surface area contributed by atoms with E-state index in [4.69, 9.17) is 0 Å². The van der Waals surface area contributed by atoms with Crippen LogP contribution < -0.4 is 5.32 Å². The molecule has 1 aliphatic carbocycles. The van der Waals surface area contributed by atoms with Gasteiger partial charge in [-0.05, 0) is 38.3 Å². The molecule has 0 unspecified atom stereocenters. The van der Waals surface area contributed by atoms with Crippen LogP contribution >= 0.6 is 0 Å². The quantitative estimate of drug-likeness (QED) is 0.699. The summed E-state index contributed by atoms with van der Waals surface area (Å²) in [5.74, 6) is 1.72. The monoisotopic (exact) mass is 254 g/mol. The van der Waals surface area contributed by atoms with Gasteiger partial charge in [-0.3, -0.25) is 0 Å². The molecule has 1 rings (SSSR count). The predicted molar refractivity (Wildman–Crippen MR) is 81.0 cm³/mol. The third-order valence-electron chi connectivity index (χ3n) is 4.02. The first-order valence-electron chi connectivity index (χ1n) is 8.07. The molecule has 0 aromatic carbocycles. The lowest BCUT2D eigenvalue weighted by Gasteiger charge is -2.25. The summed E-state index contributed by atoms with van der Waals surface area (Å²) in [6, 6.07) is 0. The van der Waals surface area contributed by atoms with Crippen molar-refractivity contribution >= 4 is 0 Å². The van der Waals surface area contributed by atoms with E-state index in [-0.39, 0.29) is 0 Å². The van der Waals surface area contributed by atoms with Gasteiger partial charge in [0, 0.05) is 19.6 Å². The summed E-state index contributed by atoms with van der Waals surface area (Å²) in [7, 11) is 2.29. The molecule has 0 bridgehead atoms. The lowest BCUT2D eigenvalue weighted by molar-refractivity contribution is 0.243. The van der Waals surface area contributed by atoms with Gasteiger partial charge in [-0.15, -0.1) is 0 Å². The molecule has 1 fully saturated rings. The van der Waals surface area contributed by atoms with Gasteiger partial charge < -0.3 is 10.2 Å². The zero-order valence-corrected chi connectivity index (χ0v) is 12.9. The van der Waals surface area contributed by atoms with Gasteiger partial charge >= 0.3 is 0 Å². The van der Waals surface area contributed by atoms with Crippen LogP contribution in [0.1, 0.15) is 58.8 Å². The molecule has 1 aliphatic rings. The van der Waals surface area contributed by atoms with E-state index in [9.17, 15) is 0 Å². The molecule has 1 N–H and O–H groups in total. The van der Waals surface area contributed by atoms with Crippen molar-refractivity contribution in [3.05, 3.63) is 0 Å². The summed E-state index contributed by atoms with van der Waals surface area (Å²) >= 11 is 0.